The molecular weight excluding hydrogens is 342 g/mol. The minimum Gasteiger partial charge on any atom is -0.326 e. The lowest BCUT2D eigenvalue weighted by Gasteiger charge is -2.21. The molecule has 0 N–H and O–H groups in total. The van der Waals surface area contributed by atoms with E-state index in [0.29, 0.717) is 13.1 Å². The van der Waals surface area contributed by atoms with Gasteiger partial charge in [-0.25, -0.2) is 0 Å². The van der Waals surface area contributed by atoms with E-state index >= 15 is 0 Å². The number of carbonyl (C=O) groups excluding carboxylic acids is 1. The van der Waals surface area contributed by atoms with E-state index in [-0.39, 0.29) is 5.91 Å². The van der Waals surface area contributed by atoms with Crippen molar-refractivity contribution in [2.75, 3.05) is 0 Å². The van der Waals surface area contributed by atoms with Gasteiger partial charge in [-0.15, -0.1) is 11.3 Å². The molecule has 4 aromatic rings. The zero-order valence-corrected chi connectivity index (χ0v) is 14.9. The zero-order valence-electron chi connectivity index (χ0n) is 14.1. The van der Waals surface area contributed by atoms with E-state index in [0.717, 1.165) is 26.4 Å². The molecule has 0 fully saturated rings. The molecule has 4 rings (SSSR count). The third-order valence-electron chi connectivity index (χ3n) is 4.08. The molecular formula is C21H17N3OS. The van der Waals surface area contributed by atoms with E-state index < -0.39 is 0 Å². The number of carbonyl (C=O) groups is 1. The van der Waals surface area contributed by atoms with Gasteiger partial charge in [0.2, 0.25) is 0 Å². The van der Waals surface area contributed by atoms with E-state index in [1.54, 1.807) is 17.3 Å². The van der Waals surface area contributed by atoms with Crippen LogP contribution in [0.15, 0.2) is 79.1 Å². The number of pyridine rings is 2. The first-order valence-corrected chi connectivity index (χ1v) is 9.19. The Bertz CT molecular complexity index is 941. The zero-order chi connectivity index (χ0) is 17.8. The van der Waals surface area contributed by atoms with Crippen molar-refractivity contribution >= 4 is 27.3 Å². The molecule has 3 aromatic heterocycles. The Kier molecular flexibility index (Phi) is 4.71. The Morgan fingerprint density at radius 3 is 2.04 bits per heavy atom. The monoisotopic (exact) mass is 359 g/mol. The van der Waals surface area contributed by atoms with Gasteiger partial charge in [-0.05, 0) is 41.8 Å². The number of fused-ring (bicyclic) bond motifs is 1. The molecule has 128 valence electrons. The van der Waals surface area contributed by atoms with E-state index in [1.807, 2.05) is 66.7 Å². The maximum absolute atomic E-state index is 13.2. The van der Waals surface area contributed by atoms with Gasteiger partial charge in [0.1, 0.15) is 0 Å². The molecule has 0 saturated heterocycles. The van der Waals surface area contributed by atoms with E-state index in [1.165, 1.54) is 11.3 Å². The van der Waals surface area contributed by atoms with Crippen LogP contribution >= 0.6 is 11.3 Å². The quantitative estimate of drug-likeness (QED) is 0.526. The maximum atomic E-state index is 13.2. The van der Waals surface area contributed by atoms with Crippen LogP contribution in [0.4, 0.5) is 0 Å². The highest BCUT2D eigenvalue weighted by atomic mass is 32.1. The average molecular weight is 359 g/mol. The van der Waals surface area contributed by atoms with Crippen molar-refractivity contribution < 1.29 is 4.79 Å². The summed E-state index contributed by atoms with van der Waals surface area (Å²) < 4.78 is 1.12. The highest BCUT2D eigenvalue weighted by molar-refractivity contribution is 7.20. The smallest absolute Gasteiger partial charge is 0.264 e. The van der Waals surface area contributed by atoms with Crippen molar-refractivity contribution in [3.8, 4) is 0 Å². The predicted molar refractivity (Wildman–Crippen MR) is 104 cm³/mol. The fraction of sp³-hybridized carbons (Fsp3) is 0.0952. The van der Waals surface area contributed by atoms with Crippen LogP contribution in [0.25, 0.3) is 10.1 Å². The SMILES string of the molecule is O=C(c1cc2ccccc2s1)N(Cc1ccccn1)Cc1ccccn1. The van der Waals surface area contributed by atoms with Gasteiger partial charge in [0, 0.05) is 17.1 Å². The number of rotatable bonds is 5. The summed E-state index contributed by atoms with van der Waals surface area (Å²) in [4.78, 5) is 24.5. The third kappa shape index (κ3) is 3.63. The number of thiophene rings is 1. The Hall–Kier alpha value is -3.05. The number of nitrogens with zero attached hydrogens (tertiary/aromatic N) is 3. The first-order chi connectivity index (χ1) is 12.8. The lowest BCUT2D eigenvalue weighted by Crippen LogP contribution is -2.30. The van der Waals surface area contributed by atoms with Crippen LogP contribution in [0.2, 0.25) is 0 Å². The number of amides is 1. The Morgan fingerprint density at radius 2 is 1.46 bits per heavy atom. The van der Waals surface area contributed by atoms with E-state index in [9.17, 15) is 4.79 Å². The summed E-state index contributed by atoms with van der Waals surface area (Å²) in [5.41, 5.74) is 1.72. The molecule has 0 unspecified atom stereocenters. The molecule has 26 heavy (non-hydrogen) atoms. The molecule has 0 aliphatic rings. The second-order valence-electron chi connectivity index (χ2n) is 5.95. The van der Waals surface area contributed by atoms with Crippen molar-refractivity contribution in [1.29, 1.82) is 0 Å². The van der Waals surface area contributed by atoms with E-state index in [4.69, 9.17) is 0 Å². The fourth-order valence-corrected chi connectivity index (χ4v) is 3.85. The molecule has 3 heterocycles. The van der Waals surface area contributed by atoms with Gasteiger partial charge >= 0.3 is 0 Å². The number of aromatic nitrogens is 2. The summed E-state index contributed by atoms with van der Waals surface area (Å²) in [5, 5.41) is 1.09. The first-order valence-electron chi connectivity index (χ1n) is 8.37. The molecule has 5 heteroatoms. The predicted octanol–water partition coefficient (Wildman–Crippen LogP) is 4.53. The highest BCUT2D eigenvalue weighted by Gasteiger charge is 2.20. The lowest BCUT2D eigenvalue weighted by atomic mass is 10.2. The van der Waals surface area contributed by atoms with Gasteiger partial charge < -0.3 is 4.90 Å². The molecule has 0 bridgehead atoms. The minimum absolute atomic E-state index is 0.00232. The fourth-order valence-electron chi connectivity index (χ4n) is 2.82. The van der Waals surface area contributed by atoms with Crippen molar-refractivity contribution in [3.63, 3.8) is 0 Å². The van der Waals surface area contributed by atoms with Crippen molar-refractivity contribution in [2.24, 2.45) is 0 Å². The molecule has 0 aliphatic heterocycles. The van der Waals surface area contributed by atoms with Gasteiger partial charge in [0.25, 0.3) is 5.91 Å². The number of hydrogen-bond acceptors (Lipinski definition) is 4. The van der Waals surface area contributed by atoms with Crippen LogP contribution in [-0.2, 0) is 13.1 Å². The second kappa shape index (κ2) is 7.45. The molecule has 0 saturated carbocycles. The summed E-state index contributed by atoms with van der Waals surface area (Å²) in [5.74, 6) is 0.00232. The molecule has 1 amide bonds. The Labute approximate surface area is 155 Å². The van der Waals surface area contributed by atoms with Crippen molar-refractivity contribution in [3.05, 3.63) is 95.4 Å². The number of hydrogen-bond donors (Lipinski definition) is 0. The molecule has 4 nitrogen and oxygen atoms in total. The van der Waals surface area contributed by atoms with Crippen LogP contribution in [-0.4, -0.2) is 20.8 Å². The standard InChI is InChI=1S/C21H17N3OS/c25-21(20-13-16-7-1-2-10-19(16)26-20)24(14-17-8-3-5-11-22-17)15-18-9-4-6-12-23-18/h1-13H,14-15H2. The normalized spacial score (nSPS) is 10.8. The molecule has 0 spiro atoms. The average Bonchev–Trinajstić information content (AvgIpc) is 3.13. The van der Waals surface area contributed by atoms with Crippen LogP contribution in [0.5, 0.6) is 0 Å². The first kappa shape index (κ1) is 16.4. The van der Waals surface area contributed by atoms with Crippen LogP contribution in [0, 0.1) is 0 Å². The summed E-state index contributed by atoms with van der Waals surface area (Å²) in [6.45, 7) is 0.898. The minimum atomic E-state index is 0.00232. The molecule has 0 radical (unpaired) electrons. The Balaban J connectivity index is 1.65. The molecule has 1 aromatic carbocycles. The summed E-state index contributed by atoms with van der Waals surface area (Å²) >= 11 is 1.52. The van der Waals surface area contributed by atoms with Gasteiger partial charge in [-0.3, -0.25) is 14.8 Å². The Morgan fingerprint density at radius 1 is 0.846 bits per heavy atom. The summed E-state index contributed by atoms with van der Waals surface area (Å²) in [6, 6.07) is 21.5. The van der Waals surface area contributed by atoms with Crippen molar-refractivity contribution in [1.82, 2.24) is 14.9 Å². The number of benzene rings is 1. The lowest BCUT2D eigenvalue weighted by molar-refractivity contribution is 0.0730. The topological polar surface area (TPSA) is 46.1 Å². The molecule has 0 aliphatic carbocycles. The maximum Gasteiger partial charge on any atom is 0.264 e. The summed E-state index contributed by atoms with van der Waals surface area (Å²) in [6.07, 6.45) is 3.50. The van der Waals surface area contributed by atoms with Crippen molar-refractivity contribution in [2.45, 2.75) is 13.1 Å². The van der Waals surface area contributed by atoms with Gasteiger partial charge in [0.05, 0.1) is 29.4 Å². The second-order valence-corrected chi connectivity index (χ2v) is 7.04. The van der Waals surface area contributed by atoms with Crippen LogP contribution in [0.1, 0.15) is 21.1 Å². The van der Waals surface area contributed by atoms with Crippen LogP contribution < -0.4 is 0 Å². The van der Waals surface area contributed by atoms with Crippen LogP contribution in [0.3, 0.4) is 0 Å². The largest absolute Gasteiger partial charge is 0.326 e. The van der Waals surface area contributed by atoms with E-state index in [2.05, 4.69) is 9.97 Å². The molecule has 0 atom stereocenters. The highest BCUT2D eigenvalue weighted by Crippen LogP contribution is 2.27. The van der Waals surface area contributed by atoms with Gasteiger partial charge in [-0.1, -0.05) is 30.3 Å². The summed E-state index contributed by atoms with van der Waals surface area (Å²) in [7, 11) is 0. The van der Waals surface area contributed by atoms with Gasteiger partial charge in [-0.2, -0.15) is 0 Å². The third-order valence-corrected chi connectivity index (χ3v) is 5.19. The van der Waals surface area contributed by atoms with Gasteiger partial charge in [0.15, 0.2) is 0 Å².